The van der Waals surface area contributed by atoms with Gasteiger partial charge in [-0.25, -0.2) is 4.79 Å². The maximum Gasteiger partial charge on any atom is 0.415 e. The summed E-state index contributed by atoms with van der Waals surface area (Å²) in [7, 11) is 0. The van der Waals surface area contributed by atoms with E-state index in [9.17, 15) is 4.79 Å². The van der Waals surface area contributed by atoms with E-state index in [4.69, 9.17) is 14.2 Å². The van der Waals surface area contributed by atoms with Gasteiger partial charge in [0.15, 0.2) is 0 Å². The normalized spacial score (nSPS) is 27.7. The minimum atomic E-state index is -1.31. The van der Waals surface area contributed by atoms with Crippen LogP contribution in [0.5, 0.6) is 0 Å². The summed E-state index contributed by atoms with van der Waals surface area (Å²) < 4.78 is 16.8. The third kappa shape index (κ3) is 2.49. The number of ether oxygens (including phenoxy) is 3. The average molecular weight is 289 g/mol. The molecule has 0 saturated carbocycles. The number of fused-ring (bicyclic) bond motifs is 1. The van der Waals surface area contributed by atoms with E-state index < -0.39 is 12.1 Å². The van der Waals surface area contributed by atoms with Gasteiger partial charge in [0.05, 0.1) is 12.4 Å². The molecular weight excluding hydrogens is 270 g/mol. The number of carbonyl (C=O) groups is 1. The molecule has 2 unspecified atom stereocenters. The van der Waals surface area contributed by atoms with E-state index in [2.05, 4.69) is 0 Å². The number of carbonyl (C=O) groups excluding carboxylic acids is 1. The molecular formula is C16H19NO4. The second-order valence-corrected chi connectivity index (χ2v) is 5.19. The molecule has 1 amide bonds. The first-order valence-corrected chi connectivity index (χ1v) is 7.18. The summed E-state index contributed by atoms with van der Waals surface area (Å²) in [5, 5.41) is 0. The van der Waals surface area contributed by atoms with Crippen LogP contribution in [-0.2, 0) is 20.8 Å². The zero-order valence-electron chi connectivity index (χ0n) is 12.2. The Morgan fingerprint density at radius 2 is 2.10 bits per heavy atom. The third-order valence-electron chi connectivity index (χ3n) is 3.72. The smallest absolute Gasteiger partial charge is 0.415 e. The van der Waals surface area contributed by atoms with Crippen molar-refractivity contribution in [2.75, 3.05) is 6.61 Å². The van der Waals surface area contributed by atoms with Crippen LogP contribution < -0.4 is 0 Å². The van der Waals surface area contributed by atoms with Crippen LogP contribution in [0.3, 0.4) is 0 Å². The van der Waals surface area contributed by atoms with E-state index in [-0.39, 0.29) is 6.04 Å². The Bertz CT molecular complexity index is 557. The summed E-state index contributed by atoms with van der Waals surface area (Å²) in [6, 6.07) is 9.56. The van der Waals surface area contributed by atoms with Crippen molar-refractivity contribution in [2.45, 2.75) is 38.8 Å². The molecule has 2 aliphatic rings. The predicted octanol–water partition coefficient (Wildman–Crippen LogP) is 3.02. The van der Waals surface area contributed by atoms with E-state index >= 15 is 0 Å². The minimum absolute atomic E-state index is 0.270. The van der Waals surface area contributed by atoms with Crippen LogP contribution in [0.25, 0.3) is 0 Å². The number of amides is 1. The van der Waals surface area contributed by atoms with Gasteiger partial charge in [-0.15, -0.1) is 0 Å². The molecule has 0 N–H and O–H groups in total. The molecule has 0 bridgehead atoms. The Balaban J connectivity index is 1.87. The Hall–Kier alpha value is -2.01. The van der Waals surface area contributed by atoms with E-state index in [1.807, 2.05) is 50.3 Å². The van der Waals surface area contributed by atoms with Crippen molar-refractivity contribution in [3.8, 4) is 0 Å². The molecule has 1 saturated heterocycles. The standard InChI is InChI=1S/C16H19NO4/c1-3-19-16-14(10-9-12(2)20-16)17(15(18)21-16)11-13-7-5-4-6-8-13/h4-9,14H,3,10-11H2,1-2H3. The predicted molar refractivity (Wildman–Crippen MR) is 76.1 cm³/mol. The number of hydrogen-bond donors (Lipinski definition) is 0. The van der Waals surface area contributed by atoms with Gasteiger partial charge in [0, 0.05) is 6.54 Å². The van der Waals surface area contributed by atoms with Crippen molar-refractivity contribution < 1.29 is 19.0 Å². The second-order valence-electron chi connectivity index (χ2n) is 5.19. The van der Waals surface area contributed by atoms with Crippen LogP contribution in [0, 0.1) is 0 Å². The lowest BCUT2D eigenvalue weighted by atomic mass is 10.1. The number of hydrogen-bond acceptors (Lipinski definition) is 4. The number of allylic oxidation sites excluding steroid dienone is 1. The zero-order chi connectivity index (χ0) is 14.9. The molecule has 0 aliphatic carbocycles. The lowest BCUT2D eigenvalue weighted by molar-refractivity contribution is -0.340. The first-order valence-electron chi connectivity index (χ1n) is 7.18. The van der Waals surface area contributed by atoms with Gasteiger partial charge in [-0.05, 0) is 31.9 Å². The molecule has 2 heterocycles. The highest BCUT2D eigenvalue weighted by Crippen LogP contribution is 2.40. The largest absolute Gasteiger partial charge is 0.433 e. The van der Waals surface area contributed by atoms with Crippen molar-refractivity contribution in [2.24, 2.45) is 0 Å². The summed E-state index contributed by atoms with van der Waals surface area (Å²) in [6.07, 6.45) is 2.21. The van der Waals surface area contributed by atoms with E-state index in [1.54, 1.807) is 4.90 Å². The van der Waals surface area contributed by atoms with Crippen LogP contribution in [0.2, 0.25) is 0 Å². The van der Waals surface area contributed by atoms with Crippen molar-refractivity contribution in [1.82, 2.24) is 4.90 Å². The summed E-state index contributed by atoms with van der Waals surface area (Å²) in [5.41, 5.74) is 1.05. The van der Waals surface area contributed by atoms with Crippen molar-refractivity contribution in [1.29, 1.82) is 0 Å². The molecule has 2 atom stereocenters. The summed E-state index contributed by atoms with van der Waals surface area (Å²) >= 11 is 0. The second kappa shape index (κ2) is 5.41. The van der Waals surface area contributed by atoms with Crippen LogP contribution in [-0.4, -0.2) is 29.6 Å². The quantitative estimate of drug-likeness (QED) is 0.855. The summed E-state index contributed by atoms with van der Waals surface area (Å²) in [6.45, 7) is 4.59. The topological polar surface area (TPSA) is 48.0 Å². The highest BCUT2D eigenvalue weighted by Gasteiger charge is 2.59. The first kappa shape index (κ1) is 13.9. The molecule has 112 valence electrons. The Labute approximate surface area is 124 Å². The van der Waals surface area contributed by atoms with Crippen molar-refractivity contribution in [3.05, 3.63) is 47.7 Å². The van der Waals surface area contributed by atoms with E-state index in [1.165, 1.54) is 0 Å². The number of nitrogens with zero attached hydrogens (tertiary/aromatic N) is 1. The van der Waals surface area contributed by atoms with E-state index in [0.717, 1.165) is 5.56 Å². The molecule has 0 radical (unpaired) electrons. The first-order chi connectivity index (χ1) is 10.1. The highest BCUT2D eigenvalue weighted by molar-refractivity contribution is 5.71. The van der Waals surface area contributed by atoms with Crippen LogP contribution in [0.15, 0.2) is 42.2 Å². The molecule has 3 rings (SSSR count). The molecule has 1 aromatic carbocycles. The van der Waals surface area contributed by atoms with Gasteiger partial charge in [-0.1, -0.05) is 30.3 Å². The molecule has 0 aromatic heterocycles. The van der Waals surface area contributed by atoms with E-state index in [0.29, 0.717) is 25.3 Å². The van der Waals surface area contributed by atoms with Crippen molar-refractivity contribution >= 4 is 6.09 Å². The minimum Gasteiger partial charge on any atom is -0.433 e. The number of benzene rings is 1. The van der Waals surface area contributed by atoms with Gasteiger partial charge in [-0.3, -0.25) is 4.90 Å². The monoisotopic (exact) mass is 289 g/mol. The molecule has 2 aliphatic heterocycles. The van der Waals surface area contributed by atoms with Crippen LogP contribution in [0.1, 0.15) is 25.8 Å². The Morgan fingerprint density at radius 1 is 1.33 bits per heavy atom. The Kier molecular flexibility index (Phi) is 3.59. The zero-order valence-corrected chi connectivity index (χ0v) is 12.2. The van der Waals surface area contributed by atoms with Gasteiger partial charge in [-0.2, -0.15) is 0 Å². The molecule has 0 spiro atoms. The average Bonchev–Trinajstić information content (AvgIpc) is 2.72. The van der Waals surface area contributed by atoms with Gasteiger partial charge in [0.1, 0.15) is 6.04 Å². The SMILES string of the molecule is CCOC12OC(=O)N(Cc3ccccc3)C1CC=C(C)O2. The van der Waals surface area contributed by atoms with Crippen LogP contribution in [0.4, 0.5) is 4.79 Å². The lowest BCUT2D eigenvalue weighted by Gasteiger charge is -2.36. The van der Waals surface area contributed by atoms with Gasteiger partial charge < -0.3 is 14.2 Å². The van der Waals surface area contributed by atoms with Gasteiger partial charge in [0.25, 0.3) is 0 Å². The fraction of sp³-hybridized carbons (Fsp3) is 0.438. The van der Waals surface area contributed by atoms with Gasteiger partial charge >= 0.3 is 12.1 Å². The summed E-state index contributed by atoms with van der Waals surface area (Å²) in [5.74, 6) is -0.589. The van der Waals surface area contributed by atoms with Gasteiger partial charge in [0.2, 0.25) is 0 Å². The highest BCUT2D eigenvalue weighted by atomic mass is 16.9. The molecule has 5 heteroatoms. The fourth-order valence-electron chi connectivity index (χ4n) is 2.78. The van der Waals surface area contributed by atoms with Crippen molar-refractivity contribution in [3.63, 3.8) is 0 Å². The third-order valence-corrected chi connectivity index (χ3v) is 3.72. The summed E-state index contributed by atoms with van der Waals surface area (Å²) in [4.78, 5) is 13.9. The molecule has 1 aromatic rings. The molecule has 1 fully saturated rings. The number of rotatable bonds is 4. The molecule has 21 heavy (non-hydrogen) atoms. The maximum atomic E-state index is 12.3. The Morgan fingerprint density at radius 3 is 2.81 bits per heavy atom. The fourth-order valence-corrected chi connectivity index (χ4v) is 2.78. The van der Waals surface area contributed by atoms with Crippen LogP contribution >= 0.6 is 0 Å². The lowest BCUT2D eigenvalue weighted by Crippen LogP contribution is -2.50. The maximum absolute atomic E-state index is 12.3. The molecule has 5 nitrogen and oxygen atoms in total.